The van der Waals surface area contributed by atoms with Gasteiger partial charge in [-0.2, -0.15) is 0 Å². The molecule has 0 saturated carbocycles. The average Bonchev–Trinajstić information content (AvgIpc) is 1.97. The number of allylic oxidation sites excluding steroid dienone is 5. The quantitative estimate of drug-likeness (QED) is 0.428. The fourth-order valence-corrected chi connectivity index (χ4v) is 0.428. The minimum atomic E-state index is 0.776. The maximum absolute atomic E-state index is 3.97. The summed E-state index contributed by atoms with van der Waals surface area (Å²) in [6.45, 7) is 12.7. The Labute approximate surface area is 68.2 Å². The van der Waals surface area contributed by atoms with E-state index in [2.05, 4.69) is 24.7 Å². The van der Waals surface area contributed by atoms with E-state index in [1.165, 1.54) is 0 Å². The molecule has 0 aliphatic carbocycles. The molecule has 0 aliphatic rings. The average molecular weight is 147 g/mol. The molecule has 0 N–H and O–H groups in total. The number of hydrogen-bond donors (Lipinski definition) is 0. The van der Waals surface area contributed by atoms with E-state index in [4.69, 9.17) is 0 Å². The van der Waals surface area contributed by atoms with Crippen molar-refractivity contribution in [2.45, 2.75) is 6.92 Å². The van der Waals surface area contributed by atoms with Crippen molar-refractivity contribution in [1.29, 1.82) is 0 Å². The van der Waals surface area contributed by atoms with Gasteiger partial charge in [-0.1, -0.05) is 38.0 Å². The van der Waals surface area contributed by atoms with E-state index in [1.807, 2.05) is 19.1 Å². The number of rotatable bonds is 4. The standard InChI is InChI=1S/C10H13N/c1-5-6-7-10(4)8-11-9(2)3/h5-8H,1-2,4H2,3H3/b7-6-,11-8?. The molecule has 0 aromatic carbocycles. The van der Waals surface area contributed by atoms with Gasteiger partial charge < -0.3 is 0 Å². The Bertz CT molecular complexity index is 219. The maximum Gasteiger partial charge on any atom is 0.0337 e. The van der Waals surface area contributed by atoms with Gasteiger partial charge in [0.15, 0.2) is 0 Å². The first-order chi connectivity index (χ1) is 5.16. The third-order valence-corrected chi connectivity index (χ3v) is 0.897. The van der Waals surface area contributed by atoms with Crippen LogP contribution in [0.2, 0.25) is 0 Å². The predicted octanol–water partition coefficient (Wildman–Crippen LogP) is 2.89. The second-order valence-corrected chi connectivity index (χ2v) is 2.16. The topological polar surface area (TPSA) is 12.4 Å². The van der Waals surface area contributed by atoms with E-state index < -0.39 is 0 Å². The van der Waals surface area contributed by atoms with E-state index in [0.717, 1.165) is 11.3 Å². The summed E-state index contributed by atoms with van der Waals surface area (Å²) in [4.78, 5) is 3.97. The lowest BCUT2D eigenvalue weighted by atomic mass is 10.3. The summed E-state index contributed by atoms with van der Waals surface area (Å²) in [7, 11) is 0. The summed E-state index contributed by atoms with van der Waals surface area (Å²) >= 11 is 0. The summed E-state index contributed by atoms with van der Waals surface area (Å²) in [5, 5.41) is 0. The van der Waals surface area contributed by atoms with E-state index in [0.29, 0.717) is 0 Å². The number of aliphatic imine (C=N–C) groups is 1. The van der Waals surface area contributed by atoms with Crippen LogP contribution in [-0.4, -0.2) is 6.21 Å². The van der Waals surface area contributed by atoms with Crippen LogP contribution < -0.4 is 0 Å². The first-order valence-electron chi connectivity index (χ1n) is 3.34. The van der Waals surface area contributed by atoms with Gasteiger partial charge in [-0.3, -0.25) is 4.99 Å². The van der Waals surface area contributed by atoms with Gasteiger partial charge in [0.1, 0.15) is 0 Å². The lowest BCUT2D eigenvalue weighted by Gasteiger charge is -1.87. The van der Waals surface area contributed by atoms with Gasteiger partial charge in [-0.25, -0.2) is 0 Å². The lowest BCUT2D eigenvalue weighted by molar-refractivity contribution is 1.34. The minimum absolute atomic E-state index is 0.776. The van der Waals surface area contributed by atoms with Crippen molar-refractivity contribution < 1.29 is 0 Å². The summed E-state index contributed by atoms with van der Waals surface area (Å²) in [6.07, 6.45) is 7.01. The molecule has 0 aromatic rings. The molecule has 0 atom stereocenters. The highest BCUT2D eigenvalue weighted by Crippen LogP contribution is 1.92. The van der Waals surface area contributed by atoms with Crippen LogP contribution in [0.15, 0.2) is 54.2 Å². The van der Waals surface area contributed by atoms with E-state index in [1.54, 1.807) is 12.3 Å². The van der Waals surface area contributed by atoms with E-state index in [9.17, 15) is 0 Å². The minimum Gasteiger partial charge on any atom is -0.262 e. The smallest absolute Gasteiger partial charge is 0.0337 e. The second kappa shape index (κ2) is 5.42. The molecule has 1 nitrogen and oxygen atoms in total. The summed E-state index contributed by atoms with van der Waals surface area (Å²) < 4.78 is 0. The highest BCUT2D eigenvalue weighted by atomic mass is 14.7. The maximum atomic E-state index is 3.97. The van der Waals surface area contributed by atoms with Crippen molar-refractivity contribution >= 4 is 6.21 Å². The molecule has 58 valence electrons. The summed E-state index contributed by atoms with van der Waals surface area (Å²) in [5.74, 6) is 0. The van der Waals surface area contributed by atoms with Crippen LogP contribution in [-0.2, 0) is 0 Å². The number of hydrogen-bond acceptors (Lipinski definition) is 1. The Hall–Kier alpha value is -1.37. The van der Waals surface area contributed by atoms with Crippen LogP contribution in [0.25, 0.3) is 0 Å². The molecule has 0 heterocycles. The third kappa shape index (κ3) is 6.52. The molecular weight excluding hydrogens is 134 g/mol. The van der Waals surface area contributed by atoms with Gasteiger partial charge in [0.05, 0.1) is 0 Å². The van der Waals surface area contributed by atoms with Gasteiger partial charge in [0, 0.05) is 11.9 Å². The molecule has 0 bridgehead atoms. The fraction of sp³-hybridized carbons (Fsp3) is 0.100. The molecular formula is C10H13N. The van der Waals surface area contributed by atoms with E-state index >= 15 is 0 Å². The Morgan fingerprint density at radius 3 is 2.45 bits per heavy atom. The molecule has 1 heteroatoms. The molecule has 0 aliphatic heterocycles. The Kier molecular flexibility index (Phi) is 4.74. The van der Waals surface area contributed by atoms with Crippen LogP contribution in [0, 0.1) is 0 Å². The normalized spacial score (nSPS) is 10.6. The third-order valence-electron chi connectivity index (χ3n) is 0.897. The summed E-state index contributed by atoms with van der Waals surface area (Å²) in [6, 6.07) is 0. The van der Waals surface area contributed by atoms with Gasteiger partial charge in [-0.15, -0.1) is 0 Å². The van der Waals surface area contributed by atoms with Crippen LogP contribution in [0.3, 0.4) is 0 Å². The van der Waals surface area contributed by atoms with Crippen molar-refractivity contribution in [3.63, 3.8) is 0 Å². The highest BCUT2D eigenvalue weighted by molar-refractivity contribution is 5.82. The van der Waals surface area contributed by atoms with Gasteiger partial charge in [-0.05, 0) is 12.5 Å². The Morgan fingerprint density at radius 1 is 1.36 bits per heavy atom. The number of nitrogens with zero attached hydrogens (tertiary/aromatic N) is 1. The lowest BCUT2D eigenvalue weighted by Crippen LogP contribution is -1.76. The van der Waals surface area contributed by atoms with E-state index in [-0.39, 0.29) is 0 Å². The first kappa shape index (κ1) is 9.63. The second-order valence-electron chi connectivity index (χ2n) is 2.16. The van der Waals surface area contributed by atoms with Crippen LogP contribution >= 0.6 is 0 Å². The van der Waals surface area contributed by atoms with Crippen LogP contribution in [0.1, 0.15) is 6.92 Å². The molecule has 0 amide bonds. The van der Waals surface area contributed by atoms with Crippen molar-refractivity contribution in [2.24, 2.45) is 4.99 Å². The van der Waals surface area contributed by atoms with Crippen molar-refractivity contribution in [3.05, 3.63) is 49.2 Å². The fourth-order valence-electron chi connectivity index (χ4n) is 0.428. The Morgan fingerprint density at radius 2 is 2.00 bits per heavy atom. The zero-order chi connectivity index (χ0) is 8.69. The molecule has 0 spiro atoms. The molecule has 0 saturated heterocycles. The molecule has 0 aromatic heterocycles. The largest absolute Gasteiger partial charge is 0.262 e. The molecule has 11 heavy (non-hydrogen) atoms. The highest BCUT2D eigenvalue weighted by Gasteiger charge is 1.78. The zero-order valence-corrected chi connectivity index (χ0v) is 6.88. The van der Waals surface area contributed by atoms with Gasteiger partial charge >= 0.3 is 0 Å². The molecule has 0 fully saturated rings. The van der Waals surface area contributed by atoms with Gasteiger partial charge in [0.2, 0.25) is 0 Å². The van der Waals surface area contributed by atoms with Crippen molar-refractivity contribution in [3.8, 4) is 0 Å². The first-order valence-corrected chi connectivity index (χ1v) is 3.34. The monoisotopic (exact) mass is 147 g/mol. The SMILES string of the molecule is C=C/C=C\C(=C)C=NC(=C)C. The van der Waals surface area contributed by atoms with Crippen LogP contribution in [0.5, 0.6) is 0 Å². The summed E-state index contributed by atoms with van der Waals surface area (Å²) in [5.41, 5.74) is 1.62. The van der Waals surface area contributed by atoms with Crippen molar-refractivity contribution in [1.82, 2.24) is 0 Å². The molecule has 0 radical (unpaired) electrons. The van der Waals surface area contributed by atoms with Crippen molar-refractivity contribution in [2.75, 3.05) is 0 Å². The predicted molar refractivity (Wildman–Crippen MR) is 51.8 cm³/mol. The molecule has 0 unspecified atom stereocenters. The van der Waals surface area contributed by atoms with Crippen LogP contribution in [0.4, 0.5) is 0 Å². The zero-order valence-electron chi connectivity index (χ0n) is 6.88. The Balaban J connectivity index is 3.97. The van der Waals surface area contributed by atoms with Gasteiger partial charge in [0.25, 0.3) is 0 Å². The molecule has 0 rings (SSSR count).